The third-order valence-corrected chi connectivity index (χ3v) is 6.04. The van der Waals surface area contributed by atoms with Crippen LogP contribution < -0.4 is 15.5 Å². The Kier molecular flexibility index (Phi) is 5.27. The van der Waals surface area contributed by atoms with Crippen molar-refractivity contribution in [1.82, 2.24) is 19.5 Å². The molecule has 164 valence electrons. The van der Waals surface area contributed by atoms with Gasteiger partial charge in [0.1, 0.15) is 17.2 Å². The van der Waals surface area contributed by atoms with Crippen LogP contribution in [-0.4, -0.2) is 25.4 Å². The van der Waals surface area contributed by atoms with Gasteiger partial charge in [0.25, 0.3) is 4.96 Å². The van der Waals surface area contributed by atoms with Crippen molar-refractivity contribution in [3.8, 4) is 22.6 Å². The maximum atomic E-state index is 13.9. The van der Waals surface area contributed by atoms with E-state index in [2.05, 4.69) is 20.3 Å². The van der Waals surface area contributed by atoms with E-state index in [1.807, 2.05) is 35.2 Å². The number of nitrogen functional groups attached to an aromatic ring is 1. The highest BCUT2D eigenvalue weighted by molar-refractivity contribution is 7.14. The van der Waals surface area contributed by atoms with Crippen molar-refractivity contribution in [3.63, 3.8) is 0 Å². The highest BCUT2D eigenvalue weighted by atomic mass is 32.1. The number of nitrogens with one attached hydrogen (secondary N) is 1. The van der Waals surface area contributed by atoms with E-state index < -0.39 is 5.82 Å². The molecule has 5 aromatic rings. The van der Waals surface area contributed by atoms with Crippen LogP contribution in [0.4, 0.5) is 16.0 Å². The molecule has 10 heteroatoms. The first-order valence-electron chi connectivity index (χ1n) is 10.1. The smallest absolute Gasteiger partial charge is 0.331 e. The Balaban J connectivity index is 1.48. The number of amides is 1. The minimum atomic E-state index is -0.400. The number of nitrogens with two attached hydrogens (primary N) is 1. The number of carbonyl (C=O) groups excluding carboxylic acids is 1. The molecular weight excluding hydrogens is 441 g/mol. The zero-order chi connectivity index (χ0) is 22.9. The molecule has 2 aromatic carbocycles. The summed E-state index contributed by atoms with van der Waals surface area (Å²) in [6.45, 7) is 0. The van der Waals surface area contributed by atoms with Gasteiger partial charge in [-0.2, -0.15) is 4.40 Å². The Hall–Kier alpha value is -4.18. The summed E-state index contributed by atoms with van der Waals surface area (Å²) in [5.74, 6) is -0.372. The summed E-state index contributed by atoms with van der Waals surface area (Å²) in [7, 11) is 1.90. The van der Waals surface area contributed by atoms with Gasteiger partial charge in [-0.25, -0.2) is 9.37 Å². The molecule has 0 aliphatic carbocycles. The molecule has 0 saturated heterocycles. The number of benzene rings is 2. The normalized spacial score (nSPS) is 11.1. The lowest BCUT2D eigenvalue weighted by Gasteiger charge is -2.09. The van der Waals surface area contributed by atoms with Gasteiger partial charge in [0.15, 0.2) is 0 Å². The van der Waals surface area contributed by atoms with Gasteiger partial charge in [-0.15, -0.1) is 0 Å². The predicted molar refractivity (Wildman–Crippen MR) is 124 cm³/mol. The average Bonchev–Trinajstić information content (AvgIpc) is 3.39. The molecule has 3 aromatic heterocycles. The average molecular weight is 461 g/mol. The van der Waals surface area contributed by atoms with Crippen LogP contribution in [0.1, 0.15) is 5.56 Å². The molecule has 0 bridgehead atoms. The number of rotatable bonds is 5. The number of nitrogens with zero attached hydrogens (tertiary/aromatic N) is 5. The molecule has 3 heterocycles. The van der Waals surface area contributed by atoms with Crippen LogP contribution in [0, 0.1) is 5.82 Å². The third kappa shape index (κ3) is 3.92. The molecule has 0 saturated carbocycles. The molecule has 1 amide bonds. The van der Waals surface area contributed by atoms with Gasteiger partial charge in [0.2, 0.25) is 12.2 Å². The van der Waals surface area contributed by atoms with Crippen LogP contribution in [-0.2, 0) is 18.3 Å². The van der Waals surface area contributed by atoms with Gasteiger partial charge in [0.05, 0.1) is 18.4 Å². The van der Waals surface area contributed by atoms with E-state index in [4.69, 9.17) is 5.73 Å². The van der Waals surface area contributed by atoms with E-state index in [0.29, 0.717) is 17.2 Å². The molecule has 3 N–H and O–H groups in total. The number of imidazole rings is 1. The molecule has 0 atom stereocenters. The Morgan fingerprint density at radius 2 is 2.03 bits per heavy atom. The van der Waals surface area contributed by atoms with Crippen molar-refractivity contribution < 1.29 is 13.6 Å². The van der Waals surface area contributed by atoms with Crippen LogP contribution in [0.5, 0.6) is 0 Å². The zero-order valence-electron chi connectivity index (χ0n) is 17.6. The molecule has 0 aliphatic heterocycles. The molecule has 5 rings (SSSR count). The van der Waals surface area contributed by atoms with Gasteiger partial charge in [-0.05, 0) is 23.8 Å². The lowest BCUT2D eigenvalue weighted by molar-refractivity contribution is -0.484. The first-order valence-corrected chi connectivity index (χ1v) is 10.9. The SMILES string of the molecule is Cn1cnc(-c2cccc(NC(=O)Cc3ccccc3F)c2)c1-c1csc2ncnc(N)[n+]12. The molecule has 8 nitrogen and oxygen atoms in total. The minimum Gasteiger partial charge on any atom is -0.331 e. The minimum absolute atomic E-state index is 0.0530. The van der Waals surface area contributed by atoms with Crippen LogP contribution in [0.25, 0.3) is 27.6 Å². The number of halogens is 1. The maximum Gasteiger partial charge on any atom is 0.353 e. The molecule has 0 fully saturated rings. The molecule has 0 radical (unpaired) electrons. The quantitative estimate of drug-likeness (QED) is 0.392. The Morgan fingerprint density at radius 1 is 1.18 bits per heavy atom. The molecule has 0 unspecified atom stereocenters. The number of aromatic nitrogens is 5. The van der Waals surface area contributed by atoms with Crippen molar-refractivity contribution in [2.75, 3.05) is 11.1 Å². The second-order valence-corrected chi connectivity index (χ2v) is 8.26. The van der Waals surface area contributed by atoms with E-state index in [-0.39, 0.29) is 12.3 Å². The highest BCUT2D eigenvalue weighted by Crippen LogP contribution is 2.32. The third-order valence-electron chi connectivity index (χ3n) is 5.20. The van der Waals surface area contributed by atoms with Gasteiger partial charge in [-0.3, -0.25) is 4.79 Å². The van der Waals surface area contributed by atoms with Gasteiger partial charge in [-0.1, -0.05) is 51.6 Å². The number of fused-ring (bicyclic) bond motifs is 1. The maximum absolute atomic E-state index is 13.9. The number of carbonyl (C=O) groups is 1. The fraction of sp³-hybridized carbons (Fsp3) is 0.0870. The van der Waals surface area contributed by atoms with Crippen molar-refractivity contribution in [3.05, 3.63) is 77.9 Å². The monoisotopic (exact) mass is 460 g/mol. The fourth-order valence-electron chi connectivity index (χ4n) is 3.69. The molecular formula is C23H19FN7OS+. The summed E-state index contributed by atoms with van der Waals surface area (Å²) in [5, 5.41) is 4.80. The highest BCUT2D eigenvalue weighted by Gasteiger charge is 2.22. The number of anilines is 2. The summed E-state index contributed by atoms with van der Waals surface area (Å²) in [6, 6.07) is 13.6. The largest absolute Gasteiger partial charge is 0.353 e. The number of aryl methyl sites for hydroxylation is 1. The topological polar surface area (TPSA) is 103 Å². The van der Waals surface area contributed by atoms with Crippen LogP contribution in [0.2, 0.25) is 0 Å². The van der Waals surface area contributed by atoms with Crippen molar-refractivity contribution in [2.45, 2.75) is 6.42 Å². The zero-order valence-corrected chi connectivity index (χ0v) is 18.4. The Bertz CT molecular complexity index is 1490. The lowest BCUT2D eigenvalue weighted by Crippen LogP contribution is -2.29. The van der Waals surface area contributed by atoms with Crippen LogP contribution in [0.15, 0.2) is 66.6 Å². The fourth-order valence-corrected chi connectivity index (χ4v) is 4.53. The van der Waals surface area contributed by atoms with Gasteiger partial charge in [0, 0.05) is 23.7 Å². The molecule has 0 aliphatic rings. The van der Waals surface area contributed by atoms with Crippen LogP contribution >= 0.6 is 11.3 Å². The van der Waals surface area contributed by atoms with E-state index >= 15 is 0 Å². The van der Waals surface area contributed by atoms with Gasteiger partial charge >= 0.3 is 5.95 Å². The molecule has 33 heavy (non-hydrogen) atoms. The number of hydrogen-bond acceptors (Lipinski definition) is 6. The second kappa shape index (κ2) is 8.40. The van der Waals surface area contributed by atoms with Crippen LogP contribution in [0.3, 0.4) is 0 Å². The second-order valence-electron chi connectivity index (χ2n) is 7.42. The standard InChI is InChI=1S/C23H18FN7OS/c1-30-13-28-20(21(30)18-11-33-23-27-12-26-22(25)31(18)23)15-6-4-7-16(9-15)29-19(32)10-14-5-2-3-8-17(14)24/h2-9,11-13,25H,10H2,1H3,(H,29,32)/p+1. The van der Waals surface area contributed by atoms with Crippen molar-refractivity contribution >= 4 is 33.8 Å². The Labute approximate surface area is 192 Å². The van der Waals surface area contributed by atoms with Gasteiger partial charge < -0.3 is 15.6 Å². The van der Waals surface area contributed by atoms with E-state index in [9.17, 15) is 9.18 Å². The summed E-state index contributed by atoms with van der Waals surface area (Å²) in [6.07, 6.45) is 3.10. The van der Waals surface area contributed by atoms with E-state index in [1.165, 1.54) is 23.7 Å². The predicted octanol–water partition coefficient (Wildman–Crippen LogP) is 3.25. The number of hydrogen-bond donors (Lipinski definition) is 2. The summed E-state index contributed by atoms with van der Waals surface area (Å²) in [5.41, 5.74) is 10.2. The van der Waals surface area contributed by atoms with Crippen molar-refractivity contribution in [2.24, 2.45) is 7.05 Å². The van der Waals surface area contributed by atoms with E-state index in [1.54, 1.807) is 35.0 Å². The first-order chi connectivity index (χ1) is 16.0. The first kappa shape index (κ1) is 20.7. The molecule has 0 spiro atoms. The summed E-state index contributed by atoms with van der Waals surface area (Å²) in [4.78, 5) is 26.2. The Morgan fingerprint density at radius 3 is 2.88 bits per heavy atom. The summed E-state index contributed by atoms with van der Waals surface area (Å²) >= 11 is 1.46. The lowest BCUT2D eigenvalue weighted by atomic mass is 10.1. The summed E-state index contributed by atoms with van der Waals surface area (Å²) < 4.78 is 17.6. The van der Waals surface area contributed by atoms with E-state index in [0.717, 1.165) is 27.6 Å². The number of thiazole rings is 1. The van der Waals surface area contributed by atoms with Crippen molar-refractivity contribution in [1.29, 1.82) is 0 Å².